The molecule has 0 saturated carbocycles. The number of halogens is 1. The molecule has 2 N–H and O–H groups in total. The molecule has 78 valence electrons. The van der Waals surface area contributed by atoms with E-state index in [-0.39, 0.29) is 6.01 Å². The van der Waals surface area contributed by atoms with Gasteiger partial charge in [-0.25, -0.2) is 0 Å². The van der Waals surface area contributed by atoms with Crippen molar-refractivity contribution in [1.29, 1.82) is 0 Å². The third-order valence-corrected chi connectivity index (χ3v) is 2.07. The Kier molecular flexibility index (Phi) is 2.42. The number of nitrogen functional groups attached to an aromatic ring is 1. The molecule has 0 amide bonds. The van der Waals surface area contributed by atoms with Gasteiger partial charge in [0.1, 0.15) is 0 Å². The van der Waals surface area contributed by atoms with E-state index in [4.69, 9.17) is 22.1 Å². The van der Waals surface area contributed by atoms with Crippen LogP contribution in [-0.4, -0.2) is 20.2 Å². The van der Waals surface area contributed by atoms with Gasteiger partial charge in [0.05, 0.1) is 10.7 Å². The molecule has 2 aromatic rings. The number of nitrogens with zero attached hydrogens (tertiary/aromatic N) is 4. The Morgan fingerprint density at radius 3 is 2.87 bits per heavy atom. The van der Waals surface area contributed by atoms with Crippen LogP contribution < -0.4 is 10.5 Å². The number of benzene rings is 1. The molecule has 1 aromatic heterocycles. The quantitative estimate of drug-likeness (QED) is 0.778. The minimum Gasteiger partial charge on any atom is -0.420 e. The lowest BCUT2D eigenvalue weighted by atomic mass is 10.3. The summed E-state index contributed by atoms with van der Waals surface area (Å²) in [5.74, 6) is 0.358. The summed E-state index contributed by atoms with van der Waals surface area (Å²) < 4.78 is 6.76. The van der Waals surface area contributed by atoms with Crippen LogP contribution in [0.15, 0.2) is 18.2 Å². The molecule has 0 unspecified atom stereocenters. The van der Waals surface area contributed by atoms with E-state index in [0.717, 1.165) is 0 Å². The zero-order valence-electron chi connectivity index (χ0n) is 7.88. The minimum atomic E-state index is 0.231. The first-order valence-corrected chi connectivity index (χ1v) is 4.50. The topological polar surface area (TPSA) is 78.8 Å². The highest BCUT2D eigenvalue weighted by atomic mass is 35.5. The molecule has 0 spiro atoms. The van der Waals surface area contributed by atoms with E-state index >= 15 is 0 Å². The van der Waals surface area contributed by atoms with Crippen LogP contribution in [0.4, 0.5) is 5.69 Å². The van der Waals surface area contributed by atoms with Crippen LogP contribution in [0.25, 0.3) is 0 Å². The molecule has 0 fully saturated rings. The van der Waals surface area contributed by atoms with Gasteiger partial charge in [0.2, 0.25) is 0 Å². The number of para-hydroxylation sites is 1. The maximum absolute atomic E-state index is 5.92. The van der Waals surface area contributed by atoms with Crippen molar-refractivity contribution in [3.63, 3.8) is 0 Å². The fourth-order valence-electron chi connectivity index (χ4n) is 1.03. The largest absolute Gasteiger partial charge is 0.420 e. The third-order valence-electron chi connectivity index (χ3n) is 1.77. The Morgan fingerprint density at radius 2 is 2.27 bits per heavy atom. The van der Waals surface area contributed by atoms with E-state index < -0.39 is 0 Å². The highest BCUT2D eigenvalue weighted by Crippen LogP contribution is 2.33. The molecular formula is C8H8ClN5O. The van der Waals surface area contributed by atoms with Crippen LogP contribution in [0.1, 0.15) is 0 Å². The minimum absolute atomic E-state index is 0.231. The summed E-state index contributed by atoms with van der Waals surface area (Å²) >= 11 is 5.92. The number of aryl methyl sites for hydroxylation is 1. The Bertz CT molecular complexity index is 463. The maximum Gasteiger partial charge on any atom is 0.340 e. The molecule has 0 saturated heterocycles. The summed E-state index contributed by atoms with van der Waals surface area (Å²) in [7, 11) is 1.66. The Labute approximate surface area is 90.6 Å². The molecule has 0 bridgehead atoms. The average molecular weight is 226 g/mol. The van der Waals surface area contributed by atoms with Crippen molar-refractivity contribution in [3.8, 4) is 11.8 Å². The molecule has 1 heterocycles. The maximum atomic E-state index is 5.92. The van der Waals surface area contributed by atoms with Gasteiger partial charge in [0, 0.05) is 7.05 Å². The average Bonchev–Trinajstić information content (AvgIpc) is 2.58. The lowest BCUT2D eigenvalue weighted by Crippen LogP contribution is -1.98. The zero-order valence-corrected chi connectivity index (χ0v) is 8.64. The summed E-state index contributed by atoms with van der Waals surface area (Å²) in [6, 6.07) is 5.33. The van der Waals surface area contributed by atoms with E-state index in [1.807, 2.05) is 0 Å². The van der Waals surface area contributed by atoms with Gasteiger partial charge in [-0.3, -0.25) is 0 Å². The smallest absolute Gasteiger partial charge is 0.340 e. The number of ether oxygens (including phenoxy) is 1. The summed E-state index contributed by atoms with van der Waals surface area (Å²) in [5.41, 5.74) is 6.14. The van der Waals surface area contributed by atoms with Gasteiger partial charge in [-0.1, -0.05) is 22.8 Å². The van der Waals surface area contributed by atoms with Crippen LogP contribution >= 0.6 is 11.6 Å². The van der Waals surface area contributed by atoms with Gasteiger partial charge in [0.25, 0.3) is 0 Å². The summed E-state index contributed by atoms with van der Waals surface area (Å²) in [4.78, 5) is 0. The third kappa shape index (κ3) is 1.84. The SMILES string of the molecule is Cn1nnnc1Oc1c(N)cccc1Cl. The number of tetrazole rings is 1. The van der Waals surface area contributed by atoms with Crippen molar-refractivity contribution in [1.82, 2.24) is 20.2 Å². The van der Waals surface area contributed by atoms with Crippen molar-refractivity contribution in [2.24, 2.45) is 7.05 Å². The van der Waals surface area contributed by atoms with Gasteiger partial charge in [-0.05, 0) is 22.6 Å². The van der Waals surface area contributed by atoms with Crippen LogP contribution in [0.3, 0.4) is 0 Å². The Morgan fingerprint density at radius 1 is 1.47 bits per heavy atom. The first-order chi connectivity index (χ1) is 7.18. The van der Waals surface area contributed by atoms with Crippen molar-refractivity contribution >= 4 is 17.3 Å². The molecule has 15 heavy (non-hydrogen) atoms. The van der Waals surface area contributed by atoms with Crippen molar-refractivity contribution in [2.45, 2.75) is 0 Å². The molecule has 6 nitrogen and oxygen atoms in total. The number of hydrogen-bond donors (Lipinski definition) is 1. The Hall–Kier alpha value is -1.82. The molecule has 0 aliphatic rings. The second-order valence-electron chi connectivity index (χ2n) is 2.85. The number of aromatic nitrogens is 4. The molecule has 7 heteroatoms. The summed E-state index contributed by atoms with van der Waals surface area (Å²) in [5, 5.41) is 11.1. The van der Waals surface area contributed by atoms with E-state index in [2.05, 4.69) is 15.5 Å². The number of hydrogen-bond acceptors (Lipinski definition) is 5. The second kappa shape index (κ2) is 3.74. The van der Waals surface area contributed by atoms with Gasteiger partial charge in [-0.2, -0.15) is 4.68 Å². The van der Waals surface area contributed by atoms with Crippen molar-refractivity contribution < 1.29 is 4.74 Å². The zero-order chi connectivity index (χ0) is 10.8. The highest BCUT2D eigenvalue weighted by molar-refractivity contribution is 6.32. The molecule has 0 atom stereocenters. The van der Waals surface area contributed by atoms with Crippen molar-refractivity contribution in [3.05, 3.63) is 23.2 Å². The number of anilines is 1. The molecule has 1 aromatic carbocycles. The fraction of sp³-hybridized carbons (Fsp3) is 0.125. The second-order valence-corrected chi connectivity index (χ2v) is 3.25. The lowest BCUT2D eigenvalue weighted by molar-refractivity contribution is 0.417. The van der Waals surface area contributed by atoms with Gasteiger partial charge in [0.15, 0.2) is 5.75 Å². The first-order valence-electron chi connectivity index (χ1n) is 4.12. The van der Waals surface area contributed by atoms with Crippen LogP contribution in [0.5, 0.6) is 11.8 Å². The van der Waals surface area contributed by atoms with Crippen LogP contribution in [0, 0.1) is 0 Å². The molecule has 0 aliphatic carbocycles. The molecular weight excluding hydrogens is 218 g/mol. The van der Waals surface area contributed by atoms with E-state index in [0.29, 0.717) is 16.5 Å². The normalized spacial score (nSPS) is 10.3. The number of nitrogens with two attached hydrogens (primary N) is 1. The lowest BCUT2D eigenvalue weighted by Gasteiger charge is -2.07. The Balaban J connectivity index is 2.36. The van der Waals surface area contributed by atoms with E-state index in [1.54, 1.807) is 25.2 Å². The summed E-state index contributed by atoms with van der Waals surface area (Å²) in [6.45, 7) is 0. The predicted molar refractivity (Wildman–Crippen MR) is 54.7 cm³/mol. The predicted octanol–water partition coefficient (Wildman–Crippen LogP) is 1.24. The summed E-state index contributed by atoms with van der Waals surface area (Å²) in [6.07, 6.45) is 0. The fourth-order valence-corrected chi connectivity index (χ4v) is 1.25. The molecule has 0 aliphatic heterocycles. The van der Waals surface area contributed by atoms with Crippen LogP contribution in [0.2, 0.25) is 5.02 Å². The highest BCUT2D eigenvalue weighted by Gasteiger charge is 2.10. The van der Waals surface area contributed by atoms with Crippen molar-refractivity contribution in [2.75, 3.05) is 5.73 Å². The number of rotatable bonds is 2. The monoisotopic (exact) mass is 225 g/mol. The standard InChI is InChI=1S/C8H8ClN5O/c1-14-8(11-12-13-14)15-7-5(9)3-2-4-6(7)10/h2-4H,10H2,1H3. The van der Waals surface area contributed by atoms with E-state index in [9.17, 15) is 0 Å². The van der Waals surface area contributed by atoms with Gasteiger partial charge in [-0.15, -0.1) is 0 Å². The van der Waals surface area contributed by atoms with Gasteiger partial charge >= 0.3 is 6.01 Å². The first kappa shape index (κ1) is 9.72. The van der Waals surface area contributed by atoms with Crippen LogP contribution in [-0.2, 0) is 7.05 Å². The van der Waals surface area contributed by atoms with Gasteiger partial charge < -0.3 is 10.5 Å². The van der Waals surface area contributed by atoms with E-state index in [1.165, 1.54) is 4.68 Å². The molecule has 2 rings (SSSR count). The molecule has 0 radical (unpaired) electrons.